The van der Waals surface area contributed by atoms with E-state index in [-0.39, 0.29) is 48.2 Å². The summed E-state index contributed by atoms with van der Waals surface area (Å²) in [5.74, 6) is -3.19. The number of hydrogen-bond acceptors (Lipinski definition) is 9. The van der Waals surface area contributed by atoms with E-state index in [1.165, 1.54) is 42.5 Å². The number of carbonyl (C=O) groups is 5. The van der Waals surface area contributed by atoms with Crippen molar-refractivity contribution in [1.29, 1.82) is 0 Å². The summed E-state index contributed by atoms with van der Waals surface area (Å²) in [6, 6.07) is 0. The number of rotatable bonds is 22. The maximum absolute atomic E-state index is 11.7. The summed E-state index contributed by atoms with van der Waals surface area (Å²) in [4.78, 5) is 56.3. The number of unbranched alkanes of at least 4 members (excludes halogenated alkanes) is 5. The Morgan fingerprint density at radius 1 is 0.875 bits per heavy atom. The number of esters is 2. The summed E-state index contributed by atoms with van der Waals surface area (Å²) in [7, 11) is 0. The largest absolute Gasteiger partial charge is 0.478 e. The Kier molecular flexibility index (Phi) is 30.5. The second-order valence-electron chi connectivity index (χ2n) is 11.7. The van der Waals surface area contributed by atoms with Gasteiger partial charge in [-0.05, 0) is 53.0 Å². The molecular weight excluding hydrogens is 620 g/mol. The Hall–Kier alpha value is -4.03. The number of allylic oxidation sites excluding steroid dienone is 1. The highest BCUT2D eigenvalue weighted by atomic mass is 16.5. The van der Waals surface area contributed by atoms with Crippen LogP contribution in [0.4, 0.5) is 0 Å². The lowest BCUT2D eigenvalue weighted by Gasteiger charge is -2.20. The average molecular weight is 681 g/mol. The maximum Gasteiger partial charge on any atom is 0.333 e. The van der Waals surface area contributed by atoms with Crippen LogP contribution in [0.25, 0.3) is 0 Å². The maximum atomic E-state index is 11.7. The molecule has 4 N–H and O–H groups in total. The third-order valence-electron chi connectivity index (χ3n) is 5.97. The number of nitrogens with one attached hydrogen (secondary N) is 1. The molecule has 0 radical (unpaired) electrons. The number of hydrogen-bond donors (Lipinski definition) is 4. The number of carboxylic acid groups (broad SMARTS) is 2. The van der Waals surface area contributed by atoms with E-state index in [2.05, 4.69) is 52.7 Å². The quantitative estimate of drug-likeness (QED) is 0.0623. The molecule has 0 aliphatic heterocycles. The van der Waals surface area contributed by atoms with Gasteiger partial charge in [0.25, 0.3) is 0 Å². The number of aliphatic carboxylic acids is 2. The van der Waals surface area contributed by atoms with Gasteiger partial charge in [0.1, 0.15) is 6.61 Å². The van der Waals surface area contributed by atoms with E-state index in [4.69, 9.17) is 24.8 Å². The molecule has 0 unspecified atom stereocenters. The molecule has 48 heavy (non-hydrogen) atoms. The zero-order valence-electron chi connectivity index (χ0n) is 30.0. The van der Waals surface area contributed by atoms with Crippen molar-refractivity contribution in [2.24, 2.45) is 0 Å². The van der Waals surface area contributed by atoms with Crippen LogP contribution in [0.15, 0.2) is 60.9 Å². The minimum atomic E-state index is -1.07. The number of aliphatic hydroxyl groups excluding tert-OH is 1. The van der Waals surface area contributed by atoms with E-state index in [9.17, 15) is 24.0 Å². The minimum absolute atomic E-state index is 0.0430. The Morgan fingerprint density at radius 3 is 1.94 bits per heavy atom. The number of nitrogens with zero attached hydrogens (tertiary/aromatic N) is 1. The first kappa shape index (κ1) is 48.4. The fourth-order valence-corrected chi connectivity index (χ4v) is 3.31. The predicted molar refractivity (Wildman–Crippen MR) is 188 cm³/mol. The summed E-state index contributed by atoms with van der Waals surface area (Å²) >= 11 is 0. The first-order chi connectivity index (χ1) is 22.5. The van der Waals surface area contributed by atoms with Crippen molar-refractivity contribution in [2.45, 2.75) is 105 Å². The molecule has 0 aliphatic carbocycles. The van der Waals surface area contributed by atoms with Crippen molar-refractivity contribution < 1.29 is 48.8 Å². The lowest BCUT2D eigenvalue weighted by Crippen LogP contribution is -2.38. The highest BCUT2D eigenvalue weighted by molar-refractivity contribution is 5.91. The standard InChI is InChI=1S/C16H27NO3.C10H19NO2.C10H14O5/c1-4-7-8-9-10-11-12-17(15(18)6-3)13-14(5-2)16(19)20;1-8(2)9(12)13-7-6-11-10(3,4)5;1-8(4-2-5-9(12)13)10(14)15-7-3-6-11/h6,13H,3-5,7-12H2,1-2H3,(H,19,20);11H,1,6-7H2,2-5H3;2,5,11H,1,3-4,6-7H2,(H,12,13). The van der Waals surface area contributed by atoms with Crippen molar-refractivity contribution in [3.63, 3.8) is 0 Å². The van der Waals surface area contributed by atoms with Gasteiger partial charge in [-0.1, -0.05) is 71.8 Å². The van der Waals surface area contributed by atoms with E-state index < -0.39 is 17.9 Å². The van der Waals surface area contributed by atoms with Crippen LogP contribution in [0.1, 0.15) is 99.3 Å². The Labute approximate surface area is 287 Å². The van der Waals surface area contributed by atoms with Gasteiger partial charge in [-0.15, -0.1) is 0 Å². The highest BCUT2D eigenvalue weighted by Gasteiger charge is 2.12. The third kappa shape index (κ3) is 31.9. The van der Waals surface area contributed by atoms with Gasteiger partial charge in [0.15, 0.2) is 0 Å². The molecule has 0 aromatic carbocycles. The van der Waals surface area contributed by atoms with Crippen molar-refractivity contribution in [3.05, 3.63) is 60.9 Å². The zero-order valence-corrected chi connectivity index (χ0v) is 30.0. The van der Waals surface area contributed by atoms with Crippen molar-refractivity contribution in [1.82, 2.24) is 10.2 Å². The fourth-order valence-electron chi connectivity index (χ4n) is 3.31. The van der Waals surface area contributed by atoms with Crippen LogP contribution in [-0.4, -0.2) is 88.5 Å². The van der Waals surface area contributed by atoms with Crippen LogP contribution in [-0.2, 0) is 33.4 Å². The van der Waals surface area contributed by atoms with Gasteiger partial charge in [0.05, 0.1) is 12.2 Å². The lowest BCUT2D eigenvalue weighted by molar-refractivity contribution is -0.140. The van der Waals surface area contributed by atoms with Gasteiger partial charge < -0.3 is 35.0 Å². The van der Waals surface area contributed by atoms with Crippen LogP contribution in [0.3, 0.4) is 0 Å². The second kappa shape index (κ2) is 30.3. The van der Waals surface area contributed by atoms with Gasteiger partial charge in [-0.2, -0.15) is 0 Å². The topological polar surface area (TPSA) is 180 Å². The van der Waals surface area contributed by atoms with E-state index in [0.29, 0.717) is 38.1 Å². The molecule has 274 valence electrons. The normalized spacial score (nSPS) is 10.9. The average Bonchev–Trinajstić information content (AvgIpc) is 3.01. The molecular formula is C36H60N2O10. The van der Waals surface area contributed by atoms with Crippen LogP contribution >= 0.6 is 0 Å². The Balaban J connectivity index is -0.000000651. The summed E-state index contributed by atoms with van der Waals surface area (Å²) in [5.41, 5.74) is 0.933. The SMILES string of the molecule is C=C(C)C(=O)OCCNC(C)(C)C.C=C(CC=CC(=O)O)C(=O)OCCCO.C=CC(=O)N(C=C(CC)C(=O)O)CCCCCCCC. The third-order valence-corrected chi connectivity index (χ3v) is 5.97. The number of aliphatic hydroxyl groups is 1. The Morgan fingerprint density at radius 2 is 1.46 bits per heavy atom. The fraction of sp³-hybridized carbons (Fsp3) is 0.583. The first-order valence-electron chi connectivity index (χ1n) is 16.3. The van der Waals surface area contributed by atoms with Gasteiger partial charge in [0.2, 0.25) is 5.91 Å². The summed E-state index contributed by atoms with van der Waals surface area (Å²) in [6.45, 7) is 23.9. The number of amides is 1. The van der Waals surface area contributed by atoms with E-state index >= 15 is 0 Å². The molecule has 0 aliphatic rings. The number of carbonyl (C=O) groups excluding carboxylic acids is 3. The molecule has 12 heteroatoms. The van der Waals surface area contributed by atoms with E-state index in [0.717, 1.165) is 25.3 Å². The molecule has 0 rings (SSSR count). The van der Waals surface area contributed by atoms with Crippen molar-refractivity contribution >= 4 is 29.8 Å². The molecule has 0 aromatic rings. The summed E-state index contributed by atoms with van der Waals surface area (Å²) in [5, 5.41) is 28.9. The first-order valence-corrected chi connectivity index (χ1v) is 16.3. The highest BCUT2D eigenvalue weighted by Crippen LogP contribution is 2.09. The molecule has 0 fully saturated rings. The van der Waals surface area contributed by atoms with Gasteiger partial charge in [-0.3, -0.25) is 4.79 Å². The monoisotopic (exact) mass is 680 g/mol. The van der Waals surface area contributed by atoms with Crippen LogP contribution in [0, 0.1) is 0 Å². The van der Waals surface area contributed by atoms with E-state index in [1.807, 2.05) is 0 Å². The number of carboxylic acids is 2. The molecule has 12 nitrogen and oxygen atoms in total. The van der Waals surface area contributed by atoms with Gasteiger partial charge >= 0.3 is 23.9 Å². The zero-order chi connectivity index (χ0) is 37.5. The predicted octanol–water partition coefficient (Wildman–Crippen LogP) is 5.73. The molecule has 0 spiro atoms. The van der Waals surface area contributed by atoms with Gasteiger partial charge in [0, 0.05) is 55.1 Å². The molecule has 1 amide bonds. The summed E-state index contributed by atoms with van der Waals surface area (Å²) in [6.07, 6.45) is 12.6. The number of ether oxygens (including phenoxy) is 2. The van der Waals surface area contributed by atoms with Crippen molar-refractivity contribution in [2.75, 3.05) is 32.9 Å². The van der Waals surface area contributed by atoms with E-state index in [1.54, 1.807) is 13.8 Å². The minimum Gasteiger partial charge on any atom is -0.478 e. The summed E-state index contributed by atoms with van der Waals surface area (Å²) < 4.78 is 9.62. The molecule has 0 heterocycles. The van der Waals surface area contributed by atoms with Crippen LogP contribution < -0.4 is 5.32 Å². The molecule has 0 aromatic heterocycles. The molecule has 0 saturated heterocycles. The smallest absolute Gasteiger partial charge is 0.333 e. The lowest BCUT2D eigenvalue weighted by atomic mass is 10.1. The molecule has 0 bridgehead atoms. The Bertz CT molecular complexity index is 1070. The second-order valence-corrected chi connectivity index (χ2v) is 11.7. The van der Waals surface area contributed by atoms with Gasteiger partial charge in [-0.25, -0.2) is 19.2 Å². The molecule has 0 atom stereocenters. The van der Waals surface area contributed by atoms with Crippen LogP contribution in [0.2, 0.25) is 0 Å². The van der Waals surface area contributed by atoms with Crippen molar-refractivity contribution in [3.8, 4) is 0 Å². The van der Waals surface area contributed by atoms with Crippen LogP contribution in [0.5, 0.6) is 0 Å². The molecule has 0 saturated carbocycles.